The van der Waals surface area contributed by atoms with Crippen molar-refractivity contribution >= 4 is 46.2 Å². The molecule has 144 valence electrons. The van der Waals surface area contributed by atoms with Gasteiger partial charge in [-0.3, -0.25) is 4.79 Å². The number of halogens is 1. The van der Waals surface area contributed by atoms with E-state index in [1.165, 1.54) is 33.5 Å². The third-order valence-corrected chi connectivity index (χ3v) is 4.51. The van der Waals surface area contributed by atoms with Crippen LogP contribution >= 0.6 is 22.6 Å². The van der Waals surface area contributed by atoms with Crippen molar-refractivity contribution in [1.29, 1.82) is 5.26 Å². The molecule has 0 saturated carbocycles. The molecule has 1 amide bonds. The van der Waals surface area contributed by atoms with Gasteiger partial charge in [0.1, 0.15) is 11.6 Å². The van der Waals surface area contributed by atoms with Crippen molar-refractivity contribution in [2.24, 2.45) is 0 Å². The highest BCUT2D eigenvalue weighted by Crippen LogP contribution is 2.34. The molecular formula is C20H17IN2O5. The number of rotatable bonds is 6. The molecule has 0 aliphatic heterocycles. The third kappa shape index (κ3) is 4.80. The summed E-state index contributed by atoms with van der Waals surface area (Å²) in [5, 5.41) is 12.0. The summed E-state index contributed by atoms with van der Waals surface area (Å²) in [5.74, 6) is -0.193. The zero-order valence-corrected chi connectivity index (χ0v) is 17.6. The zero-order valence-electron chi connectivity index (χ0n) is 15.4. The van der Waals surface area contributed by atoms with Gasteiger partial charge in [-0.25, -0.2) is 4.79 Å². The number of ether oxygens (including phenoxy) is 3. The van der Waals surface area contributed by atoms with Crippen LogP contribution in [0, 0.1) is 14.9 Å². The van der Waals surface area contributed by atoms with Crippen molar-refractivity contribution in [3.05, 3.63) is 56.7 Å². The number of esters is 1. The van der Waals surface area contributed by atoms with Gasteiger partial charge >= 0.3 is 5.97 Å². The van der Waals surface area contributed by atoms with Crippen LogP contribution in [-0.2, 0) is 9.53 Å². The van der Waals surface area contributed by atoms with Crippen LogP contribution in [0.25, 0.3) is 6.08 Å². The molecule has 0 aliphatic rings. The number of carbonyl (C=O) groups is 2. The van der Waals surface area contributed by atoms with E-state index in [1.54, 1.807) is 30.3 Å². The van der Waals surface area contributed by atoms with Gasteiger partial charge < -0.3 is 19.5 Å². The molecule has 1 N–H and O–H groups in total. The molecule has 0 aliphatic carbocycles. The molecule has 2 aromatic carbocycles. The van der Waals surface area contributed by atoms with Gasteiger partial charge in [0.05, 0.1) is 36.2 Å². The Kier molecular flexibility index (Phi) is 7.40. The summed E-state index contributed by atoms with van der Waals surface area (Å²) in [6.45, 7) is 0. The first kappa shape index (κ1) is 21.2. The van der Waals surface area contributed by atoms with E-state index >= 15 is 0 Å². The fraction of sp³-hybridized carbons (Fsp3) is 0.150. The lowest BCUT2D eigenvalue weighted by molar-refractivity contribution is -0.112. The highest BCUT2D eigenvalue weighted by atomic mass is 127. The Morgan fingerprint density at radius 3 is 2.46 bits per heavy atom. The molecule has 0 heterocycles. The molecule has 0 fully saturated rings. The highest BCUT2D eigenvalue weighted by Gasteiger charge is 2.17. The average molecular weight is 492 g/mol. The van der Waals surface area contributed by atoms with E-state index in [1.807, 2.05) is 6.07 Å². The second-order valence-corrected chi connectivity index (χ2v) is 6.56. The van der Waals surface area contributed by atoms with Crippen molar-refractivity contribution < 1.29 is 23.8 Å². The first-order chi connectivity index (χ1) is 13.4. The van der Waals surface area contributed by atoms with Crippen LogP contribution in [0.3, 0.4) is 0 Å². The van der Waals surface area contributed by atoms with Gasteiger partial charge in [-0.2, -0.15) is 5.26 Å². The first-order valence-corrected chi connectivity index (χ1v) is 9.05. The molecule has 2 rings (SSSR count). The van der Waals surface area contributed by atoms with E-state index < -0.39 is 11.9 Å². The number of benzene rings is 2. The summed E-state index contributed by atoms with van der Waals surface area (Å²) < 4.78 is 16.0. The number of amides is 1. The van der Waals surface area contributed by atoms with E-state index in [0.29, 0.717) is 17.1 Å². The van der Waals surface area contributed by atoms with Gasteiger partial charge in [0.15, 0.2) is 11.5 Å². The zero-order chi connectivity index (χ0) is 20.7. The average Bonchev–Trinajstić information content (AvgIpc) is 2.71. The summed E-state index contributed by atoms with van der Waals surface area (Å²) >= 11 is 2.08. The standard InChI is InChI=1S/C20H17IN2O5/c1-26-17-10-12(9-15(21)18(17)27-2)8-13(11-22)19(24)23-16-7-5-4-6-14(16)20(25)28-3/h4-10H,1-3H3,(H,23,24)/b13-8-. The lowest BCUT2D eigenvalue weighted by Crippen LogP contribution is -2.16. The summed E-state index contributed by atoms with van der Waals surface area (Å²) in [7, 11) is 4.28. The van der Waals surface area contributed by atoms with Crippen molar-refractivity contribution in [2.45, 2.75) is 0 Å². The Labute approximate surface area is 176 Å². The first-order valence-electron chi connectivity index (χ1n) is 7.97. The third-order valence-electron chi connectivity index (χ3n) is 3.71. The molecule has 0 bridgehead atoms. The van der Waals surface area contributed by atoms with E-state index in [-0.39, 0.29) is 16.8 Å². The van der Waals surface area contributed by atoms with Crippen LogP contribution in [0.2, 0.25) is 0 Å². The quantitative estimate of drug-likeness (QED) is 0.286. The largest absolute Gasteiger partial charge is 0.493 e. The van der Waals surface area contributed by atoms with E-state index in [0.717, 1.165) is 3.57 Å². The minimum Gasteiger partial charge on any atom is -0.493 e. The van der Waals surface area contributed by atoms with E-state index in [4.69, 9.17) is 14.2 Å². The topological polar surface area (TPSA) is 97.7 Å². The molecule has 0 saturated heterocycles. The maximum Gasteiger partial charge on any atom is 0.339 e. The summed E-state index contributed by atoms with van der Waals surface area (Å²) in [6.07, 6.45) is 1.43. The Morgan fingerprint density at radius 2 is 1.86 bits per heavy atom. The fourth-order valence-corrected chi connectivity index (χ4v) is 3.25. The maximum atomic E-state index is 12.6. The number of hydrogen-bond acceptors (Lipinski definition) is 6. The summed E-state index contributed by atoms with van der Waals surface area (Å²) in [5.41, 5.74) is 0.899. The number of nitrogens with zero attached hydrogens (tertiary/aromatic N) is 1. The molecule has 0 unspecified atom stereocenters. The summed E-state index contributed by atoms with van der Waals surface area (Å²) in [4.78, 5) is 24.4. The Balaban J connectivity index is 2.37. The molecule has 0 radical (unpaired) electrons. The van der Waals surface area contributed by atoms with Gasteiger partial charge in [-0.1, -0.05) is 12.1 Å². The molecule has 8 heteroatoms. The van der Waals surface area contributed by atoms with Crippen LogP contribution in [-0.4, -0.2) is 33.2 Å². The number of carbonyl (C=O) groups excluding carboxylic acids is 2. The summed E-state index contributed by atoms with van der Waals surface area (Å²) in [6, 6.07) is 11.7. The monoisotopic (exact) mass is 492 g/mol. The smallest absolute Gasteiger partial charge is 0.339 e. The second kappa shape index (κ2) is 9.75. The van der Waals surface area contributed by atoms with Crippen molar-refractivity contribution in [1.82, 2.24) is 0 Å². The number of hydrogen-bond donors (Lipinski definition) is 1. The van der Waals surface area contributed by atoms with Crippen LogP contribution < -0.4 is 14.8 Å². The van der Waals surface area contributed by atoms with Gasteiger partial charge in [-0.15, -0.1) is 0 Å². The highest BCUT2D eigenvalue weighted by molar-refractivity contribution is 14.1. The van der Waals surface area contributed by atoms with Gasteiger partial charge in [-0.05, 0) is 58.5 Å². The van der Waals surface area contributed by atoms with Crippen LogP contribution in [0.1, 0.15) is 15.9 Å². The number of para-hydroxylation sites is 1. The number of methoxy groups -OCH3 is 3. The lowest BCUT2D eigenvalue weighted by atomic mass is 10.1. The van der Waals surface area contributed by atoms with Gasteiger partial charge in [0.25, 0.3) is 5.91 Å². The minimum absolute atomic E-state index is 0.136. The predicted octanol–water partition coefficient (Wildman–Crippen LogP) is 3.64. The second-order valence-electron chi connectivity index (χ2n) is 5.40. The van der Waals surface area contributed by atoms with Crippen molar-refractivity contribution in [2.75, 3.05) is 26.6 Å². The maximum absolute atomic E-state index is 12.6. The molecular weight excluding hydrogens is 475 g/mol. The lowest BCUT2D eigenvalue weighted by Gasteiger charge is -2.11. The fourth-order valence-electron chi connectivity index (χ4n) is 2.41. The number of nitrogens with one attached hydrogen (secondary N) is 1. The molecule has 28 heavy (non-hydrogen) atoms. The van der Waals surface area contributed by atoms with Gasteiger partial charge in [0, 0.05) is 0 Å². The minimum atomic E-state index is -0.649. The Morgan fingerprint density at radius 1 is 1.14 bits per heavy atom. The van der Waals surface area contributed by atoms with Crippen LogP contribution in [0.4, 0.5) is 5.69 Å². The number of nitriles is 1. The van der Waals surface area contributed by atoms with Crippen LogP contribution in [0.5, 0.6) is 11.5 Å². The SMILES string of the molecule is COC(=O)c1ccccc1NC(=O)/C(C#N)=C\c1cc(I)c(OC)c(OC)c1. The molecule has 0 spiro atoms. The molecule has 0 aromatic heterocycles. The van der Waals surface area contributed by atoms with E-state index in [9.17, 15) is 14.9 Å². The molecule has 0 atom stereocenters. The van der Waals surface area contributed by atoms with Crippen LogP contribution in [0.15, 0.2) is 42.0 Å². The van der Waals surface area contributed by atoms with E-state index in [2.05, 4.69) is 27.9 Å². The molecule has 2 aromatic rings. The van der Waals surface area contributed by atoms with Gasteiger partial charge in [0.2, 0.25) is 0 Å². The normalized spacial score (nSPS) is 10.6. The Hall–Kier alpha value is -3.06. The van der Waals surface area contributed by atoms with Crippen molar-refractivity contribution in [3.8, 4) is 17.6 Å². The number of anilines is 1. The Bertz CT molecular complexity index is 979. The molecule has 7 nitrogen and oxygen atoms in total. The van der Waals surface area contributed by atoms with Crippen molar-refractivity contribution in [3.63, 3.8) is 0 Å². The predicted molar refractivity (Wildman–Crippen MR) is 112 cm³/mol.